The predicted molar refractivity (Wildman–Crippen MR) is 105 cm³/mol. The number of ether oxygens (including phenoxy) is 1. The summed E-state index contributed by atoms with van der Waals surface area (Å²) in [5, 5.41) is 0. The van der Waals surface area contributed by atoms with Crippen molar-refractivity contribution in [3.05, 3.63) is 0 Å². The van der Waals surface area contributed by atoms with Crippen molar-refractivity contribution in [2.45, 2.75) is 122 Å². The van der Waals surface area contributed by atoms with Crippen LogP contribution in [0, 0.1) is 0 Å². The SMILES string of the molecule is CCCCCCCCC1OC1CCCCCCCC(=O)N1CCCC1. The minimum atomic E-state index is 0.390. The molecule has 3 nitrogen and oxygen atoms in total. The summed E-state index contributed by atoms with van der Waals surface area (Å²) in [5.41, 5.74) is 0. The molecule has 2 aliphatic rings. The molecule has 0 aromatic carbocycles. The fourth-order valence-corrected chi connectivity index (χ4v) is 4.09. The van der Waals surface area contributed by atoms with Crippen LogP contribution >= 0.6 is 0 Å². The van der Waals surface area contributed by atoms with E-state index in [-0.39, 0.29) is 0 Å². The van der Waals surface area contributed by atoms with Gasteiger partial charge in [-0.3, -0.25) is 4.79 Å². The molecule has 25 heavy (non-hydrogen) atoms. The van der Waals surface area contributed by atoms with Crippen molar-refractivity contribution in [2.75, 3.05) is 13.1 Å². The molecular weight excluding hydrogens is 310 g/mol. The number of hydrogen-bond donors (Lipinski definition) is 0. The summed E-state index contributed by atoms with van der Waals surface area (Å²) in [7, 11) is 0. The number of hydrogen-bond acceptors (Lipinski definition) is 2. The standard InChI is InChI=1S/C22H41NO2/c1-2-3-4-5-7-10-15-20-21(25-20)16-11-8-6-9-12-17-22(24)23-18-13-14-19-23/h20-21H,2-19H2,1H3. The molecule has 0 aromatic heterocycles. The smallest absolute Gasteiger partial charge is 0.222 e. The van der Waals surface area contributed by atoms with Crippen LogP contribution in [0.25, 0.3) is 0 Å². The largest absolute Gasteiger partial charge is 0.370 e. The first-order valence-electron chi connectivity index (χ1n) is 11.2. The number of carbonyl (C=O) groups is 1. The lowest BCUT2D eigenvalue weighted by Gasteiger charge is -2.14. The molecule has 146 valence electrons. The molecule has 2 rings (SSSR count). The molecule has 2 heterocycles. The molecule has 2 saturated heterocycles. The van der Waals surface area contributed by atoms with Crippen LogP contribution in [0.4, 0.5) is 0 Å². The average molecular weight is 352 g/mol. The van der Waals surface area contributed by atoms with Crippen molar-refractivity contribution in [3.8, 4) is 0 Å². The van der Waals surface area contributed by atoms with Crippen LogP contribution in [0.5, 0.6) is 0 Å². The van der Waals surface area contributed by atoms with E-state index in [1.165, 1.54) is 89.9 Å². The van der Waals surface area contributed by atoms with Gasteiger partial charge in [-0.2, -0.15) is 0 Å². The van der Waals surface area contributed by atoms with E-state index in [4.69, 9.17) is 4.74 Å². The molecule has 0 aromatic rings. The third-order valence-corrected chi connectivity index (χ3v) is 5.87. The molecule has 0 spiro atoms. The van der Waals surface area contributed by atoms with Gasteiger partial charge in [0.25, 0.3) is 0 Å². The Kier molecular flexibility index (Phi) is 10.6. The maximum atomic E-state index is 11.9. The first-order chi connectivity index (χ1) is 12.3. The second kappa shape index (κ2) is 12.7. The Hall–Kier alpha value is -0.570. The van der Waals surface area contributed by atoms with Crippen molar-refractivity contribution < 1.29 is 9.53 Å². The zero-order valence-corrected chi connectivity index (χ0v) is 16.6. The van der Waals surface area contributed by atoms with Crippen LogP contribution in [0.1, 0.15) is 110 Å². The minimum absolute atomic E-state index is 0.390. The van der Waals surface area contributed by atoms with Gasteiger partial charge in [0.1, 0.15) is 0 Å². The molecule has 0 radical (unpaired) electrons. The lowest BCUT2D eigenvalue weighted by molar-refractivity contribution is -0.130. The zero-order chi connectivity index (χ0) is 17.7. The van der Waals surface area contributed by atoms with Gasteiger partial charge in [0.2, 0.25) is 5.91 Å². The van der Waals surface area contributed by atoms with Gasteiger partial charge < -0.3 is 9.64 Å². The van der Waals surface area contributed by atoms with Gasteiger partial charge in [0, 0.05) is 19.5 Å². The second-order valence-electron chi connectivity index (χ2n) is 8.16. The molecule has 0 N–H and O–H groups in total. The highest BCUT2D eigenvalue weighted by molar-refractivity contribution is 5.76. The van der Waals surface area contributed by atoms with E-state index >= 15 is 0 Å². The van der Waals surface area contributed by atoms with Gasteiger partial charge in [-0.05, 0) is 32.1 Å². The van der Waals surface area contributed by atoms with E-state index in [0.717, 1.165) is 25.9 Å². The monoisotopic (exact) mass is 351 g/mol. The fourth-order valence-electron chi connectivity index (χ4n) is 4.09. The van der Waals surface area contributed by atoms with E-state index in [1.54, 1.807) is 0 Å². The second-order valence-corrected chi connectivity index (χ2v) is 8.16. The number of unbranched alkanes of at least 4 members (excludes halogenated alkanes) is 9. The van der Waals surface area contributed by atoms with Crippen LogP contribution in [0.15, 0.2) is 0 Å². The zero-order valence-electron chi connectivity index (χ0n) is 16.6. The van der Waals surface area contributed by atoms with Crippen LogP contribution in [0.3, 0.4) is 0 Å². The van der Waals surface area contributed by atoms with E-state index in [9.17, 15) is 4.79 Å². The average Bonchev–Trinajstić information content (AvgIpc) is 3.12. The predicted octanol–water partition coefficient (Wildman–Crippen LogP) is 5.86. The molecule has 1 amide bonds. The fraction of sp³-hybridized carbons (Fsp3) is 0.955. The number of amides is 1. The van der Waals surface area contributed by atoms with Gasteiger partial charge in [0.15, 0.2) is 0 Å². The summed E-state index contributed by atoms with van der Waals surface area (Å²) in [5.74, 6) is 0.390. The lowest BCUT2D eigenvalue weighted by atomic mass is 10.0. The minimum Gasteiger partial charge on any atom is -0.370 e. The van der Waals surface area contributed by atoms with Gasteiger partial charge in [-0.25, -0.2) is 0 Å². The maximum absolute atomic E-state index is 11.9. The summed E-state index contributed by atoms with van der Waals surface area (Å²) >= 11 is 0. The molecule has 0 bridgehead atoms. The van der Waals surface area contributed by atoms with Crippen molar-refractivity contribution in [1.29, 1.82) is 0 Å². The van der Waals surface area contributed by atoms with Crippen molar-refractivity contribution in [1.82, 2.24) is 4.90 Å². The summed E-state index contributed by atoms with van der Waals surface area (Å²) in [6.45, 7) is 4.27. The third kappa shape index (κ3) is 9.08. The van der Waals surface area contributed by atoms with Gasteiger partial charge in [-0.15, -0.1) is 0 Å². The number of carbonyl (C=O) groups excluding carboxylic acids is 1. The molecule has 2 fully saturated rings. The van der Waals surface area contributed by atoms with Crippen LogP contribution in [-0.2, 0) is 9.53 Å². The number of nitrogens with zero attached hydrogens (tertiary/aromatic N) is 1. The first kappa shape index (κ1) is 20.7. The number of likely N-dealkylation sites (tertiary alicyclic amines) is 1. The highest BCUT2D eigenvalue weighted by Gasteiger charge is 2.36. The summed E-state index contributed by atoms with van der Waals surface area (Å²) < 4.78 is 5.81. The molecule has 2 unspecified atom stereocenters. The summed E-state index contributed by atoms with van der Waals surface area (Å²) in [6.07, 6.45) is 21.4. The highest BCUT2D eigenvalue weighted by atomic mass is 16.6. The Balaban J connectivity index is 1.31. The summed E-state index contributed by atoms with van der Waals surface area (Å²) in [4.78, 5) is 14.0. The summed E-state index contributed by atoms with van der Waals surface area (Å²) in [6, 6.07) is 0. The van der Waals surface area contributed by atoms with Crippen molar-refractivity contribution in [2.24, 2.45) is 0 Å². The highest BCUT2D eigenvalue weighted by Crippen LogP contribution is 2.31. The van der Waals surface area contributed by atoms with E-state index in [0.29, 0.717) is 18.1 Å². The van der Waals surface area contributed by atoms with Gasteiger partial charge in [0.05, 0.1) is 12.2 Å². The normalized spacial score (nSPS) is 22.5. The van der Waals surface area contributed by atoms with Gasteiger partial charge >= 0.3 is 0 Å². The van der Waals surface area contributed by atoms with E-state index in [1.807, 2.05) is 4.90 Å². The van der Waals surface area contributed by atoms with Crippen LogP contribution in [-0.4, -0.2) is 36.1 Å². The lowest BCUT2D eigenvalue weighted by Crippen LogP contribution is -2.27. The van der Waals surface area contributed by atoms with Crippen molar-refractivity contribution >= 4 is 5.91 Å². The van der Waals surface area contributed by atoms with E-state index in [2.05, 4.69) is 6.92 Å². The Morgan fingerprint density at radius 2 is 1.32 bits per heavy atom. The Morgan fingerprint density at radius 3 is 1.92 bits per heavy atom. The Bertz CT molecular complexity index is 352. The molecule has 3 heteroatoms. The Morgan fingerprint density at radius 1 is 0.800 bits per heavy atom. The first-order valence-corrected chi connectivity index (χ1v) is 11.2. The quantitative estimate of drug-likeness (QED) is 0.273. The Labute approximate surface area is 155 Å². The number of rotatable bonds is 15. The van der Waals surface area contributed by atoms with Crippen molar-refractivity contribution in [3.63, 3.8) is 0 Å². The molecule has 0 aliphatic carbocycles. The van der Waals surface area contributed by atoms with E-state index < -0.39 is 0 Å². The van der Waals surface area contributed by atoms with Crippen LogP contribution < -0.4 is 0 Å². The topological polar surface area (TPSA) is 32.8 Å². The van der Waals surface area contributed by atoms with Gasteiger partial charge in [-0.1, -0.05) is 71.1 Å². The van der Waals surface area contributed by atoms with Crippen LogP contribution in [0.2, 0.25) is 0 Å². The third-order valence-electron chi connectivity index (χ3n) is 5.87. The maximum Gasteiger partial charge on any atom is 0.222 e. The molecular formula is C22H41NO2. The molecule has 0 saturated carbocycles. The number of epoxide rings is 1. The molecule has 2 atom stereocenters. The molecule has 2 aliphatic heterocycles.